The molecule has 9 nitrogen and oxygen atoms in total. The number of ether oxygens (including phenoxy) is 1. The van der Waals surface area contributed by atoms with Gasteiger partial charge in [0, 0.05) is 17.8 Å². The Labute approximate surface area is 182 Å². The molecule has 0 bridgehead atoms. The lowest BCUT2D eigenvalue weighted by Crippen LogP contribution is -2.13. The molecule has 0 saturated carbocycles. The first-order valence-corrected chi connectivity index (χ1v) is 10.7. The summed E-state index contributed by atoms with van der Waals surface area (Å²) in [5, 5.41) is 27.5. The maximum absolute atomic E-state index is 12.8. The van der Waals surface area contributed by atoms with Crippen LogP contribution in [0.3, 0.4) is 0 Å². The Morgan fingerprint density at radius 1 is 1.00 bits per heavy atom. The van der Waals surface area contributed by atoms with E-state index in [1.807, 2.05) is 0 Å². The summed E-state index contributed by atoms with van der Waals surface area (Å²) in [7, 11) is -4.20. The third kappa shape index (κ3) is 4.25. The number of aromatic nitrogens is 3. The second-order valence-corrected chi connectivity index (χ2v) is 8.38. The van der Waals surface area contributed by atoms with Crippen molar-refractivity contribution in [1.82, 2.24) is 15.2 Å². The number of pyridine rings is 1. The summed E-state index contributed by atoms with van der Waals surface area (Å²) in [6.45, 7) is 0. The second kappa shape index (κ2) is 8.17. The van der Waals surface area contributed by atoms with Gasteiger partial charge in [0.25, 0.3) is 10.0 Å². The molecule has 2 aromatic carbocycles. The average molecular weight is 459 g/mol. The minimum Gasteiger partial charge on any atom is -0.507 e. The van der Waals surface area contributed by atoms with Crippen LogP contribution in [0.2, 0.25) is 5.02 Å². The standard InChI is InChI=1S/C20H15ClN4O5S/c21-14-5-1-2-6-17(14)30-18-11-23-24-20(18)13-8-19(16(27)9-15(13)26)31(28,29)25-12-4-3-7-22-10-12/h1-11,25-27H,(H,23,24). The second-order valence-electron chi connectivity index (χ2n) is 6.33. The molecular formula is C20H15ClN4O5S. The van der Waals surface area contributed by atoms with Crippen LogP contribution >= 0.6 is 11.6 Å². The molecule has 0 radical (unpaired) electrons. The van der Waals surface area contributed by atoms with E-state index in [0.29, 0.717) is 10.8 Å². The van der Waals surface area contributed by atoms with E-state index in [1.54, 1.807) is 30.3 Å². The number of halogens is 1. The summed E-state index contributed by atoms with van der Waals surface area (Å²) in [5.41, 5.74) is 0.444. The number of H-pyrrole nitrogens is 1. The first-order chi connectivity index (χ1) is 14.8. The number of sulfonamides is 1. The van der Waals surface area contributed by atoms with Crippen molar-refractivity contribution in [1.29, 1.82) is 0 Å². The minimum atomic E-state index is -4.20. The quantitative estimate of drug-likeness (QED) is 0.341. The molecule has 2 heterocycles. The number of phenols is 2. The van der Waals surface area contributed by atoms with E-state index in [0.717, 1.165) is 12.1 Å². The number of benzene rings is 2. The number of hydrogen-bond acceptors (Lipinski definition) is 7. The number of para-hydroxylation sites is 1. The molecule has 0 unspecified atom stereocenters. The average Bonchev–Trinajstić information content (AvgIpc) is 3.18. The van der Waals surface area contributed by atoms with E-state index < -0.39 is 20.7 Å². The number of anilines is 1. The maximum Gasteiger partial charge on any atom is 0.265 e. The van der Waals surface area contributed by atoms with Gasteiger partial charge in [0.1, 0.15) is 27.8 Å². The van der Waals surface area contributed by atoms with Crippen molar-refractivity contribution >= 4 is 27.3 Å². The molecule has 4 rings (SSSR count). The van der Waals surface area contributed by atoms with Crippen LogP contribution in [0.5, 0.6) is 23.0 Å². The summed E-state index contributed by atoms with van der Waals surface area (Å²) < 4.78 is 33.7. The zero-order valence-corrected chi connectivity index (χ0v) is 17.2. The van der Waals surface area contributed by atoms with Crippen molar-refractivity contribution in [2.75, 3.05) is 4.72 Å². The van der Waals surface area contributed by atoms with Gasteiger partial charge in [-0.1, -0.05) is 23.7 Å². The van der Waals surface area contributed by atoms with Crippen LogP contribution < -0.4 is 9.46 Å². The highest BCUT2D eigenvalue weighted by Crippen LogP contribution is 2.41. The van der Waals surface area contributed by atoms with Crippen LogP contribution in [0.15, 0.2) is 72.0 Å². The minimum absolute atomic E-state index is 0.0453. The van der Waals surface area contributed by atoms with Crippen LogP contribution in [0.1, 0.15) is 0 Å². The highest BCUT2D eigenvalue weighted by Gasteiger charge is 2.24. The highest BCUT2D eigenvalue weighted by atomic mass is 35.5. The fraction of sp³-hybridized carbons (Fsp3) is 0. The number of rotatable bonds is 6. The van der Waals surface area contributed by atoms with Crippen LogP contribution in [-0.2, 0) is 10.0 Å². The Bertz CT molecular complexity index is 1340. The van der Waals surface area contributed by atoms with E-state index in [2.05, 4.69) is 19.9 Å². The first-order valence-electron chi connectivity index (χ1n) is 8.80. The van der Waals surface area contributed by atoms with Gasteiger partial charge in [0.05, 0.1) is 23.1 Å². The van der Waals surface area contributed by atoms with Crippen molar-refractivity contribution in [3.05, 3.63) is 72.1 Å². The molecule has 4 N–H and O–H groups in total. The van der Waals surface area contributed by atoms with Crippen LogP contribution in [0.25, 0.3) is 11.3 Å². The summed E-state index contributed by atoms with van der Waals surface area (Å²) >= 11 is 6.12. The van der Waals surface area contributed by atoms with Crippen molar-refractivity contribution in [3.63, 3.8) is 0 Å². The molecule has 0 amide bonds. The number of nitrogens with zero attached hydrogens (tertiary/aromatic N) is 2. The summed E-state index contributed by atoms with van der Waals surface area (Å²) in [6.07, 6.45) is 4.17. The lowest BCUT2D eigenvalue weighted by Gasteiger charge is -2.13. The lowest BCUT2D eigenvalue weighted by molar-refractivity contribution is 0.440. The molecule has 158 valence electrons. The molecule has 31 heavy (non-hydrogen) atoms. The van der Waals surface area contributed by atoms with E-state index >= 15 is 0 Å². The van der Waals surface area contributed by atoms with Crippen molar-refractivity contribution in [2.24, 2.45) is 0 Å². The molecule has 0 aliphatic carbocycles. The van der Waals surface area contributed by atoms with Gasteiger partial charge in [0.15, 0.2) is 5.75 Å². The zero-order chi connectivity index (χ0) is 22.0. The van der Waals surface area contributed by atoms with Gasteiger partial charge in [-0.2, -0.15) is 5.10 Å². The zero-order valence-electron chi connectivity index (χ0n) is 15.7. The number of aromatic hydroxyl groups is 2. The Balaban J connectivity index is 1.75. The highest BCUT2D eigenvalue weighted by molar-refractivity contribution is 7.92. The largest absolute Gasteiger partial charge is 0.507 e. The molecule has 0 saturated heterocycles. The van der Waals surface area contributed by atoms with Gasteiger partial charge >= 0.3 is 0 Å². The van der Waals surface area contributed by atoms with E-state index in [-0.39, 0.29) is 28.4 Å². The molecule has 4 aromatic rings. The third-order valence-electron chi connectivity index (χ3n) is 4.21. The Kier molecular flexibility index (Phi) is 5.40. The van der Waals surface area contributed by atoms with Gasteiger partial charge in [-0.05, 0) is 30.3 Å². The van der Waals surface area contributed by atoms with Gasteiger partial charge in [-0.3, -0.25) is 14.8 Å². The molecule has 0 aliphatic heterocycles. The summed E-state index contributed by atoms with van der Waals surface area (Å²) in [5.74, 6) is -0.481. The van der Waals surface area contributed by atoms with Crippen LogP contribution in [0.4, 0.5) is 5.69 Å². The third-order valence-corrected chi connectivity index (χ3v) is 5.93. The number of hydrogen-bond donors (Lipinski definition) is 4. The lowest BCUT2D eigenvalue weighted by atomic mass is 10.1. The van der Waals surface area contributed by atoms with E-state index in [4.69, 9.17) is 16.3 Å². The van der Waals surface area contributed by atoms with E-state index in [1.165, 1.54) is 24.7 Å². The molecular weight excluding hydrogens is 444 g/mol. The number of aromatic amines is 1. The molecule has 0 aliphatic rings. The molecule has 2 aromatic heterocycles. The van der Waals surface area contributed by atoms with Gasteiger partial charge in [-0.25, -0.2) is 8.42 Å². The van der Waals surface area contributed by atoms with Gasteiger partial charge in [0.2, 0.25) is 0 Å². The molecule has 11 heteroatoms. The monoisotopic (exact) mass is 458 g/mol. The summed E-state index contributed by atoms with van der Waals surface area (Å²) in [4.78, 5) is 3.39. The molecule has 0 atom stereocenters. The Hall–Kier alpha value is -3.76. The predicted molar refractivity (Wildman–Crippen MR) is 114 cm³/mol. The Morgan fingerprint density at radius 3 is 2.55 bits per heavy atom. The molecule has 0 fully saturated rings. The topological polar surface area (TPSA) is 137 Å². The first kappa shape index (κ1) is 20.5. The smallest absolute Gasteiger partial charge is 0.265 e. The predicted octanol–water partition coefficient (Wildman–Crippen LogP) is 4.13. The fourth-order valence-corrected chi connectivity index (χ4v) is 4.12. The van der Waals surface area contributed by atoms with Gasteiger partial charge in [-0.15, -0.1) is 0 Å². The normalized spacial score (nSPS) is 11.3. The number of phenolic OH excluding ortho intramolecular Hbond substituents is 2. The molecule has 0 spiro atoms. The van der Waals surface area contributed by atoms with E-state index in [9.17, 15) is 18.6 Å². The number of nitrogens with one attached hydrogen (secondary N) is 2. The van der Waals surface area contributed by atoms with Crippen molar-refractivity contribution in [3.8, 4) is 34.3 Å². The fourth-order valence-electron chi connectivity index (χ4n) is 2.80. The van der Waals surface area contributed by atoms with Crippen molar-refractivity contribution in [2.45, 2.75) is 4.90 Å². The Morgan fingerprint density at radius 2 is 1.81 bits per heavy atom. The van der Waals surface area contributed by atoms with Crippen molar-refractivity contribution < 1.29 is 23.4 Å². The van der Waals surface area contributed by atoms with Crippen LogP contribution in [0, 0.1) is 0 Å². The van der Waals surface area contributed by atoms with Crippen LogP contribution in [-0.4, -0.2) is 33.8 Å². The van der Waals surface area contributed by atoms with Gasteiger partial charge < -0.3 is 14.9 Å². The summed E-state index contributed by atoms with van der Waals surface area (Å²) in [6, 6.07) is 11.9. The SMILES string of the molecule is O=S(=O)(Nc1cccnc1)c1cc(-c2[nH]ncc2Oc2ccccc2Cl)c(O)cc1O. The maximum atomic E-state index is 12.8.